The highest BCUT2D eigenvalue weighted by Crippen LogP contribution is 2.37. The van der Waals surface area contributed by atoms with Crippen LogP contribution in [0.4, 0.5) is 0 Å². The van der Waals surface area contributed by atoms with Crippen LogP contribution >= 0.6 is 11.6 Å². The lowest BCUT2D eigenvalue weighted by molar-refractivity contribution is -0.127. The van der Waals surface area contributed by atoms with Gasteiger partial charge in [0, 0.05) is 35.2 Å². The van der Waals surface area contributed by atoms with Crippen LogP contribution in [0.25, 0.3) is 10.9 Å². The van der Waals surface area contributed by atoms with E-state index >= 15 is 0 Å². The maximum Gasteiger partial charge on any atom is 0.224 e. The molecule has 1 aliphatic carbocycles. The van der Waals surface area contributed by atoms with Gasteiger partial charge in [0.1, 0.15) is 11.8 Å². The molecule has 1 aromatic carbocycles. The zero-order valence-electron chi connectivity index (χ0n) is 20.2. The lowest BCUT2D eigenvalue weighted by atomic mass is 9.90. The summed E-state index contributed by atoms with van der Waals surface area (Å²) in [4.78, 5) is 41.6. The molecule has 1 saturated carbocycles. The van der Waals surface area contributed by atoms with Crippen molar-refractivity contribution in [2.24, 2.45) is 17.8 Å². The van der Waals surface area contributed by atoms with E-state index in [1.54, 1.807) is 25.3 Å². The first-order valence-corrected chi connectivity index (χ1v) is 12.4. The molecule has 1 aromatic heterocycles. The molecule has 0 bridgehead atoms. The van der Waals surface area contributed by atoms with Gasteiger partial charge in [-0.3, -0.25) is 14.4 Å². The Hall–Kier alpha value is -3.05. The number of benzene rings is 1. The molecular formula is C26H31ClN4O4. The zero-order chi connectivity index (χ0) is 25.3. The summed E-state index contributed by atoms with van der Waals surface area (Å²) in [5.74, 6) is -0.464. The Morgan fingerprint density at radius 2 is 2.03 bits per heavy atom. The summed E-state index contributed by atoms with van der Waals surface area (Å²) in [7, 11) is 1.55. The van der Waals surface area contributed by atoms with Crippen LogP contribution in [0.2, 0.25) is 5.02 Å². The topological polar surface area (TPSA) is 124 Å². The van der Waals surface area contributed by atoms with Gasteiger partial charge in [-0.1, -0.05) is 24.4 Å². The molecule has 3 unspecified atom stereocenters. The molecule has 2 aromatic rings. The summed E-state index contributed by atoms with van der Waals surface area (Å²) in [6.45, 7) is 3.88. The van der Waals surface area contributed by atoms with Gasteiger partial charge in [-0.2, -0.15) is 5.26 Å². The molecule has 2 amide bonds. The number of hydrogen-bond acceptors (Lipinski definition) is 5. The lowest BCUT2D eigenvalue weighted by Gasteiger charge is -2.20. The van der Waals surface area contributed by atoms with Gasteiger partial charge in [0.15, 0.2) is 5.78 Å². The highest BCUT2D eigenvalue weighted by atomic mass is 35.5. The Morgan fingerprint density at radius 3 is 2.63 bits per heavy atom. The van der Waals surface area contributed by atoms with Crippen LogP contribution in [0.5, 0.6) is 5.75 Å². The van der Waals surface area contributed by atoms with Crippen LogP contribution in [0.15, 0.2) is 18.2 Å². The number of ketones is 1. The van der Waals surface area contributed by atoms with Gasteiger partial charge in [0.25, 0.3) is 0 Å². The number of ether oxygens (including phenoxy) is 1. The number of hydrogen-bond donors (Lipinski definition) is 3. The predicted octanol–water partition coefficient (Wildman–Crippen LogP) is 4.13. The van der Waals surface area contributed by atoms with Crippen molar-refractivity contribution in [3.05, 3.63) is 28.9 Å². The Morgan fingerprint density at radius 1 is 1.29 bits per heavy atom. The molecule has 0 radical (unpaired) electrons. The van der Waals surface area contributed by atoms with E-state index in [1.165, 1.54) is 0 Å². The number of nitrogens with zero attached hydrogens (tertiary/aromatic N) is 1. The van der Waals surface area contributed by atoms with Gasteiger partial charge in [0.05, 0.1) is 29.4 Å². The predicted molar refractivity (Wildman–Crippen MR) is 132 cm³/mol. The van der Waals surface area contributed by atoms with Crippen LogP contribution in [-0.4, -0.2) is 41.3 Å². The fourth-order valence-corrected chi connectivity index (χ4v) is 5.18. The number of amides is 2. The summed E-state index contributed by atoms with van der Waals surface area (Å²) in [5, 5.41) is 16.6. The third-order valence-electron chi connectivity index (χ3n) is 6.89. The molecule has 4 rings (SSSR count). The number of aromatic amines is 1. The number of methoxy groups -OCH3 is 1. The minimum absolute atomic E-state index is 0.0268. The largest absolute Gasteiger partial charge is 0.497 e. The summed E-state index contributed by atoms with van der Waals surface area (Å²) in [5.41, 5.74) is 0.700. The summed E-state index contributed by atoms with van der Waals surface area (Å²) < 4.78 is 5.25. The SMILES string of the molecule is COc1cc(Cl)c2[nH]c(C(=O)CC(CC3CC3)C(=O)NC(C#N)CC3CC(C)(C)NC3=O)cc2c1. The molecule has 2 aliphatic rings. The van der Waals surface area contributed by atoms with Crippen molar-refractivity contribution >= 4 is 40.1 Å². The minimum atomic E-state index is -0.789. The number of carbonyl (C=O) groups is 3. The third-order valence-corrected chi connectivity index (χ3v) is 7.19. The second-order valence-electron chi connectivity index (χ2n) is 10.5. The van der Waals surface area contributed by atoms with Crippen molar-refractivity contribution in [2.45, 2.75) is 64.0 Å². The van der Waals surface area contributed by atoms with Crippen molar-refractivity contribution < 1.29 is 19.1 Å². The first-order chi connectivity index (χ1) is 16.6. The summed E-state index contributed by atoms with van der Waals surface area (Å²) in [6, 6.07) is 6.52. The third kappa shape index (κ3) is 5.96. The number of carbonyl (C=O) groups excluding carboxylic acids is 3. The minimum Gasteiger partial charge on any atom is -0.497 e. The number of nitrogens with one attached hydrogen (secondary N) is 3. The molecule has 2 fully saturated rings. The van der Waals surface area contributed by atoms with Crippen molar-refractivity contribution in [2.75, 3.05) is 7.11 Å². The van der Waals surface area contributed by atoms with E-state index < -0.39 is 12.0 Å². The van der Waals surface area contributed by atoms with Crippen LogP contribution in [0.1, 0.15) is 62.9 Å². The average molecular weight is 499 g/mol. The van der Waals surface area contributed by atoms with Gasteiger partial charge >= 0.3 is 0 Å². The standard InChI is InChI=1S/C26H31ClN4O4/c1-26(2)12-17(25(34)31-26)7-18(13-28)29-24(33)16(6-14-4-5-14)10-22(32)21-9-15-8-19(35-3)11-20(27)23(15)30-21/h8-9,11,14,16-18,30H,4-7,10,12H2,1-3H3,(H,29,33)(H,31,34). The van der Waals surface area contributed by atoms with E-state index in [2.05, 4.69) is 21.7 Å². The number of halogens is 1. The Balaban J connectivity index is 1.45. The first-order valence-electron chi connectivity index (χ1n) is 12.0. The number of aromatic nitrogens is 1. The molecule has 1 aliphatic heterocycles. The normalized spacial score (nSPS) is 20.7. The Bertz CT molecular complexity index is 1190. The summed E-state index contributed by atoms with van der Waals surface area (Å²) >= 11 is 6.32. The average Bonchev–Trinajstić information content (AvgIpc) is 3.43. The Labute approximate surface area is 209 Å². The molecular weight excluding hydrogens is 468 g/mol. The highest BCUT2D eigenvalue weighted by Gasteiger charge is 2.39. The van der Waals surface area contributed by atoms with Crippen molar-refractivity contribution in [3.8, 4) is 11.8 Å². The number of fused-ring (bicyclic) bond motifs is 1. The van der Waals surface area contributed by atoms with Crippen molar-refractivity contribution in [3.63, 3.8) is 0 Å². The van der Waals surface area contributed by atoms with Crippen LogP contribution in [-0.2, 0) is 9.59 Å². The maximum absolute atomic E-state index is 13.2. The number of H-pyrrole nitrogens is 1. The number of rotatable bonds is 10. The van der Waals surface area contributed by atoms with Gasteiger partial charge in [-0.25, -0.2) is 0 Å². The Kier molecular flexibility index (Phi) is 7.09. The number of nitriles is 1. The molecule has 35 heavy (non-hydrogen) atoms. The summed E-state index contributed by atoms with van der Waals surface area (Å²) in [6.07, 6.45) is 3.57. The second-order valence-corrected chi connectivity index (χ2v) is 10.9. The van der Waals surface area contributed by atoms with Crippen LogP contribution in [0, 0.1) is 29.1 Å². The smallest absolute Gasteiger partial charge is 0.224 e. The molecule has 9 heteroatoms. The quantitative estimate of drug-likeness (QED) is 0.425. The van der Waals surface area contributed by atoms with Crippen molar-refractivity contribution in [1.29, 1.82) is 5.26 Å². The van der Waals surface area contributed by atoms with Crippen molar-refractivity contribution in [1.82, 2.24) is 15.6 Å². The molecule has 3 N–H and O–H groups in total. The molecule has 186 valence electrons. The van der Waals surface area contributed by atoms with E-state index in [0.29, 0.717) is 40.7 Å². The van der Waals surface area contributed by atoms with Crippen LogP contribution < -0.4 is 15.4 Å². The van der Waals surface area contributed by atoms with E-state index in [1.807, 2.05) is 13.8 Å². The molecule has 0 spiro atoms. The highest BCUT2D eigenvalue weighted by molar-refractivity contribution is 6.35. The van der Waals surface area contributed by atoms with E-state index in [0.717, 1.165) is 18.2 Å². The van der Waals surface area contributed by atoms with Gasteiger partial charge in [0.2, 0.25) is 11.8 Å². The van der Waals surface area contributed by atoms with E-state index in [-0.39, 0.29) is 41.9 Å². The van der Waals surface area contributed by atoms with Gasteiger partial charge in [-0.05, 0) is 51.2 Å². The molecule has 8 nitrogen and oxygen atoms in total. The van der Waals surface area contributed by atoms with Gasteiger partial charge < -0.3 is 20.4 Å². The molecule has 2 heterocycles. The van der Waals surface area contributed by atoms with E-state index in [4.69, 9.17) is 16.3 Å². The zero-order valence-corrected chi connectivity index (χ0v) is 21.0. The first kappa shape index (κ1) is 25.1. The molecule has 3 atom stereocenters. The fourth-order valence-electron chi connectivity index (χ4n) is 4.92. The maximum atomic E-state index is 13.2. The second kappa shape index (κ2) is 9.90. The monoisotopic (exact) mass is 498 g/mol. The fraction of sp³-hybridized carbons (Fsp3) is 0.538. The van der Waals surface area contributed by atoms with E-state index in [9.17, 15) is 19.6 Å². The molecule has 1 saturated heterocycles. The number of Topliss-reactive ketones (excluding diaryl/α,β-unsaturated/α-hetero) is 1. The van der Waals surface area contributed by atoms with Gasteiger partial charge in [-0.15, -0.1) is 0 Å². The van der Waals surface area contributed by atoms with Crippen LogP contribution in [0.3, 0.4) is 0 Å². The lowest BCUT2D eigenvalue weighted by Crippen LogP contribution is -2.40.